The second-order valence-corrected chi connectivity index (χ2v) is 3.81. The SMILES string of the molecule is NC(CCc1cccc(Cl)c1F)C(F)(F)F. The number of halogens is 5. The molecule has 2 N–H and O–H groups in total. The Morgan fingerprint density at radius 1 is 1.31 bits per heavy atom. The van der Waals surface area contributed by atoms with Crippen LogP contribution < -0.4 is 5.73 Å². The molecule has 0 spiro atoms. The first-order chi connectivity index (χ1) is 7.32. The van der Waals surface area contributed by atoms with Crippen molar-refractivity contribution in [1.82, 2.24) is 0 Å². The van der Waals surface area contributed by atoms with Crippen molar-refractivity contribution in [3.63, 3.8) is 0 Å². The minimum Gasteiger partial charge on any atom is -0.320 e. The molecule has 1 aromatic carbocycles. The average molecular weight is 256 g/mol. The Kier molecular flexibility index (Phi) is 4.15. The number of nitrogens with two attached hydrogens (primary N) is 1. The summed E-state index contributed by atoms with van der Waals surface area (Å²) in [4.78, 5) is 0. The van der Waals surface area contributed by atoms with Crippen molar-refractivity contribution < 1.29 is 17.6 Å². The van der Waals surface area contributed by atoms with Gasteiger partial charge < -0.3 is 5.73 Å². The number of benzene rings is 1. The van der Waals surface area contributed by atoms with Crippen LogP contribution in [0.1, 0.15) is 12.0 Å². The van der Waals surface area contributed by atoms with Crippen LogP contribution in [0, 0.1) is 5.82 Å². The van der Waals surface area contributed by atoms with Crippen LogP contribution in [0.25, 0.3) is 0 Å². The molecule has 0 amide bonds. The number of alkyl halides is 3. The van der Waals surface area contributed by atoms with Crippen molar-refractivity contribution >= 4 is 11.6 Å². The molecule has 1 aromatic rings. The van der Waals surface area contributed by atoms with Gasteiger partial charge in [0.05, 0.1) is 5.02 Å². The van der Waals surface area contributed by atoms with Gasteiger partial charge in [-0.2, -0.15) is 13.2 Å². The zero-order valence-corrected chi connectivity index (χ0v) is 8.95. The maximum atomic E-state index is 13.3. The summed E-state index contributed by atoms with van der Waals surface area (Å²) in [5, 5.41) is -0.0990. The van der Waals surface area contributed by atoms with Gasteiger partial charge in [-0.3, -0.25) is 0 Å². The minimum absolute atomic E-state index is 0.0902. The van der Waals surface area contributed by atoms with Crippen LogP contribution >= 0.6 is 11.6 Å². The lowest BCUT2D eigenvalue weighted by Crippen LogP contribution is -2.37. The fourth-order valence-corrected chi connectivity index (χ4v) is 1.41. The Balaban J connectivity index is 2.65. The average Bonchev–Trinajstić information content (AvgIpc) is 2.18. The Hall–Kier alpha value is -0.810. The van der Waals surface area contributed by atoms with Crippen molar-refractivity contribution in [1.29, 1.82) is 0 Å². The van der Waals surface area contributed by atoms with E-state index >= 15 is 0 Å². The van der Waals surface area contributed by atoms with E-state index in [9.17, 15) is 17.6 Å². The minimum atomic E-state index is -4.45. The van der Waals surface area contributed by atoms with E-state index in [4.69, 9.17) is 17.3 Å². The second-order valence-electron chi connectivity index (χ2n) is 3.40. The van der Waals surface area contributed by atoms with Crippen LogP contribution in [0.15, 0.2) is 18.2 Å². The number of hydrogen-bond donors (Lipinski definition) is 1. The van der Waals surface area contributed by atoms with Gasteiger partial charge in [0.2, 0.25) is 0 Å². The van der Waals surface area contributed by atoms with E-state index in [0.29, 0.717) is 0 Å². The van der Waals surface area contributed by atoms with E-state index in [-0.39, 0.29) is 23.4 Å². The predicted molar refractivity (Wildman–Crippen MR) is 53.8 cm³/mol. The van der Waals surface area contributed by atoms with E-state index in [0.717, 1.165) is 0 Å². The molecule has 0 aliphatic rings. The van der Waals surface area contributed by atoms with Gasteiger partial charge in [0.1, 0.15) is 11.9 Å². The zero-order valence-electron chi connectivity index (χ0n) is 8.19. The number of aryl methyl sites for hydroxylation is 1. The molecule has 0 radical (unpaired) electrons. The molecule has 0 aliphatic carbocycles. The molecule has 1 rings (SSSR count). The van der Waals surface area contributed by atoms with Gasteiger partial charge in [0.15, 0.2) is 0 Å². The predicted octanol–water partition coefficient (Wildman–Crippen LogP) is 3.30. The molecule has 0 saturated carbocycles. The molecule has 1 atom stereocenters. The standard InChI is InChI=1S/C10H10ClF4N/c11-7-3-1-2-6(9(7)12)4-5-8(16)10(13,14)15/h1-3,8H,4-5,16H2. The molecule has 0 aliphatic heterocycles. The number of hydrogen-bond acceptors (Lipinski definition) is 1. The summed E-state index contributed by atoms with van der Waals surface area (Å²) in [6.07, 6.45) is -4.90. The van der Waals surface area contributed by atoms with Gasteiger partial charge in [-0.15, -0.1) is 0 Å². The molecule has 0 aromatic heterocycles. The summed E-state index contributed by atoms with van der Waals surface area (Å²) in [5.74, 6) is -0.682. The van der Waals surface area contributed by atoms with Gasteiger partial charge >= 0.3 is 6.18 Å². The lowest BCUT2D eigenvalue weighted by molar-refractivity contribution is -0.148. The van der Waals surface area contributed by atoms with E-state index in [1.54, 1.807) is 0 Å². The molecule has 1 unspecified atom stereocenters. The van der Waals surface area contributed by atoms with Gasteiger partial charge in [-0.1, -0.05) is 23.7 Å². The van der Waals surface area contributed by atoms with Crippen molar-refractivity contribution in [3.05, 3.63) is 34.6 Å². The highest BCUT2D eigenvalue weighted by Crippen LogP contribution is 2.24. The normalized spacial score (nSPS) is 13.9. The first kappa shape index (κ1) is 13.3. The topological polar surface area (TPSA) is 26.0 Å². The van der Waals surface area contributed by atoms with E-state index in [1.165, 1.54) is 18.2 Å². The van der Waals surface area contributed by atoms with Crippen LogP contribution in [-0.2, 0) is 6.42 Å². The lowest BCUT2D eigenvalue weighted by atomic mass is 10.1. The molecular weight excluding hydrogens is 246 g/mol. The fourth-order valence-electron chi connectivity index (χ4n) is 1.22. The Morgan fingerprint density at radius 3 is 2.50 bits per heavy atom. The fraction of sp³-hybridized carbons (Fsp3) is 0.400. The van der Waals surface area contributed by atoms with Crippen LogP contribution in [0.4, 0.5) is 17.6 Å². The van der Waals surface area contributed by atoms with E-state index < -0.39 is 18.0 Å². The second kappa shape index (κ2) is 5.01. The van der Waals surface area contributed by atoms with Crippen molar-refractivity contribution in [2.24, 2.45) is 5.73 Å². The molecule has 0 saturated heterocycles. The molecule has 0 fully saturated rings. The van der Waals surface area contributed by atoms with Gasteiger partial charge in [0, 0.05) is 0 Å². The third kappa shape index (κ3) is 3.35. The van der Waals surface area contributed by atoms with Gasteiger partial charge in [-0.05, 0) is 24.5 Å². The van der Waals surface area contributed by atoms with Crippen molar-refractivity contribution in [2.45, 2.75) is 25.1 Å². The smallest absolute Gasteiger partial charge is 0.320 e. The summed E-state index contributed by atoms with van der Waals surface area (Å²) in [6, 6.07) is 2.28. The quantitative estimate of drug-likeness (QED) is 0.824. The van der Waals surface area contributed by atoms with E-state index in [1.807, 2.05) is 0 Å². The summed E-state index contributed by atoms with van der Waals surface area (Å²) in [6.45, 7) is 0. The largest absolute Gasteiger partial charge is 0.403 e. The van der Waals surface area contributed by atoms with Crippen molar-refractivity contribution in [2.75, 3.05) is 0 Å². The molecule has 0 heterocycles. The third-order valence-corrected chi connectivity index (χ3v) is 2.47. The first-order valence-corrected chi connectivity index (χ1v) is 4.95. The molecule has 1 nitrogen and oxygen atoms in total. The van der Waals surface area contributed by atoms with Gasteiger partial charge in [-0.25, -0.2) is 4.39 Å². The Morgan fingerprint density at radius 2 is 1.94 bits per heavy atom. The zero-order chi connectivity index (χ0) is 12.3. The maximum absolute atomic E-state index is 13.3. The molecular formula is C10H10ClF4N. The summed E-state index contributed by atoms with van der Waals surface area (Å²) >= 11 is 5.49. The number of rotatable bonds is 3. The van der Waals surface area contributed by atoms with Crippen LogP contribution in [0.5, 0.6) is 0 Å². The van der Waals surface area contributed by atoms with Gasteiger partial charge in [0.25, 0.3) is 0 Å². The van der Waals surface area contributed by atoms with Crippen LogP contribution in [0.2, 0.25) is 5.02 Å². The van der Waals surface area contributed by atoms with Crippen LogP contribution in [0.3, 0.4) is 0 Å². The molecule has 6 heteroatoms. The molecule has 0 bridgehead atoms. The highest BCUT2D eigenvalue weighted by molar-refractivity contribution is 6.30. The summed E-state index contributed by atoms with van der Waals surface area (Å²) in [7, 11) is 0. The first-order valence-electron chi connectivity index (χ1n) is 4.57. The highest BCUT2D eigenvalue weighted by atomic mass is 35.5. The van der Waals surface area contributed by atoms with E-state index in [2.05, 4.69) is 0 Å². The van der Waals surface area contributed by atoms with Crippen molar-refractivity contribution in [3.8, 4) is 0 Å². The maximum Gasteiger partial charge on any atom is 0.403 e. The molecule has 90 valence electrons. The summed E-state index contributed by atoms with van der Waals surface area (Å²) < 4.78 is 49.6. The Bertz CT molecular complexity index is 364. The van der Waals surface area contributed by atoms with Crippen LogP contribution in [-0.4, -0.2) is 12.2 Å². The Labute approximate surface area is 95.2 Å². The lowest BCUT2D eigenvalue weighted by Gasteiger charge is -2.15. The monoisotopic (exact) mass is 255 g/mol. The highest BCUT2D eigenvalue weighted by Gasteiger charge is 2.36. The third-order valence-electron chi connectivity index (χ3n) is 2.18. The molecule has 16 heavy (non-hydrogen) atoms. The summed E-state index contributed by atoms with van der Waals surface area (Å²) in [5.41, 5.74) is 5.05.